The van der Waals surface area contributed by atoms with Gasteiger partial charge in [0, 0.05) is 12.1 Å². The second-order valence-corrected chi connectivity index (χ2v) is 7.30. The summed E-state index contributed by atoms with van der Waals surface area (Å²) in [6.07, 6.45) is 8.39. The van der Waals surface area contributed by atoms with Gasteiger partial charge < -0.3 is 15.4 Å². The van der Waals surface area contributed by atoms with Crippen molar-refractivity contribution < 1.29 is 9.53 Å². The summed E-state index contributed by atoms with van der Waals surface area (Å²) < 4.78 is 5.42. The van der Waals surface area contributed by atoms with Crippen LogP contribution in [0, 0.1) is 5.92 Å². The molecule has 0 aromatic rings. The van der Waals surface area contributed by atoms with Crippen LogP contribution in [0.25, 0.3) is 0 Å². The molecule has 4 heteroatoms. The fourth-order valence-corrected chi connectivity index (χ4v) is 3.25. The summed E-state index contributed by atoms with van der Waals surface area (Å²) in [5, 5.41) is 6.44. The Hall–Kier alpha value is -0.770. The SMILES string of the molecule is CCC(NC)C(CC1CCCCC1)NC(=O)OC(C)(C)C. The Balaban J connectivity index is 2.60. The molecule has 0 bridgehead atoms. The van der Waals surface area contributed by atoms with Gasteiger partial charge in [0.05, 0.1) is 0 Å². The van der Waals surface area contributed by atoms with Gasteiger partial charge in [0.1, 0.15) is 5.60 Å². The number of carbonyl (C=O) groups is 1. The minimum absolute atomic E-state index is 0.151. The lowest BCUT2D eigenvalue weighted by molar-refractivity contribution is 0.0481. The minimum Gasteiger partial charge on any atom is -0.444 e. The summed E-state index contributed by atoms with van der Waals surface area (Å²) >= 11 is 0. The van der Waals surface area contributed by atoms with E-state index < -0.39 is 5.60 Å². The van der Waals surface area contributed by atoms with Crippen LogP contribution in [0.15, 0.2) is 0 Å². The quantitative estimate of drug-likeness (QED) is 0.783. The number of hydrogen-bond donors (Lipinski definition) is 2. The number of ether oxygens (including phenoxy) is 1. The van der Waals surface area contributed by atoms with Crippen LogP contribution in [-0.2, 0) is 4.74 Å². The molecular weight excluding hydrogens is 264 g/mol. The van der Waals surface area contributed by atoms with E-state index in [1.165, 1.54) is 32.1 Å². The van der Waals surface area contributed by atoms with Gasteiger partial charge in [0.15, 0.2) is 0 Å². The molecule has 2 atom stereocenters. The Labute approximate surface area is 130 Å². The normalized spacial score (nSPS) is 19.9. The topological polar surface area (TPSA) is 50.4 Å². The van der Waals surface area contributed by atoms with Crippen molar-refractivity contribution in [2.75, 3.05) is 7.05 Å². The monoisotopic (exact) mass is 298 g/mol. The second kappa shape index (κ2) is 8.62. The molecule has 1 aliphatic rings. The van der Waals surface area contributed by atoms with Crippen molar-refractivity contribution in [1.29, 1.82) is 0 Å². The van der Waals surface area contributed by atoms with Crippen molar-refractivity contribution in [3.63, 3.8) is 0 Å². The van der Waals surface area contributed by atoms with Gasteiger partial charge in [-0.05, 0) is 46.6 Å². The number of hydrogen-bond acceptors (Lipinski definition) is 3. The van der Waals surface area contributed by atoms with Crippen molar-refractivity contribution in [3.8, 4) is 0 Å². The molecule has 0 heterocycles. The van der Waals surface area contributed by atoms with Crippen LogP contribution in [0.2, 0.25) is 0 Å². The largest absolute Gasteiger partial charge is 0.444 e. The van der Waals surface area contributed by atoms with E-state index >= 15 is 0 Å². The molecule has 2 unspecified atom stereocenters. The van der Waals surface area contributed by atoms with E-state index in [1.54, 1.807) is 0 Å². The molecule has 4 nitrogen and oxygen atoms in total. The Morgan fingerprint density at radius 1 is 1.19 bits per heavy atom. The van der Waals surface area contributed by atoms with E-state index in [9.17, 15) is 4.79 Å². The van der Waals surface area contributed by atoms with Gasteiger partial charge in [0.25, 0.3) is 0 Å². The molecular formula is C17H34N2O2. The van der Waals surface area contributed by atoms with Crippen molar-refractivity contribution in [2.24, 2.45) is 5.92 Å². The van der Waals surface area contributed by atoms with E-state index in [2.05, 4.69) is 17.6 Å². The predicted molar refractivity (Wildman–Crippen MR) is 87.5 cm³/mol. The summed E-state index contributed by atoms with van der Waals surface area (Å²) in [5.74, 6) is 0.737. The fraction of sp³-hybridized carbons (Fsp3) is 0.941. The third-order valence-corrected chi connectivity index (χ3v) is 4.31. The smallest absolute Gasteiger partial charge is 0.407 e. The highest BCUT2D eigenvalue weighted by molar-refractivity contribution is 5.68. The van der Waals surface area contributed by atoms with Crippen molar-refractivity contribution >= 4 is 6.09 Å². The van der Waals surface area contributed by atoms with Gasteiger partial charge in [0.2, 0.25) is 0 Å². The van der Waals surface area contributed by atoms with E-state index in [0.717, 1.165) is 18.8 Å². The number of carbonyl (C=O) groups excluding carboxylic acids is 1. The van der Waals surface area contributed by atoms with E-state index in [0.29, 0.717) is 6.04 Å². The predicted octanol–water partition coefficient (Wildman–Crippen LogP) is 3.85. The lowest BCUT2D eigenvalue weighted by Gasteiger charge is -2.32. The zero-order chi connectivity index (χ0) is 15.9. The van der Waals surface area contributed by atoms with Gasteiger partial charge >= 0.3 is 6.09 Å². The van der Waals surface area contributed by atoms with Gasteiger partial charge in [-0.1, -0.05) is 39.0 Å². The number of alkyl carbamates (subject to hydrolysis) is 1. The standard InChI is InChI=1S/C17H34N2O2/c1-6-14(18-5)15(12-13-10-8-7-9-11-13)19-16(20)21-17(2,3)4/h13-15,18H,6-12H2,1-5H3,(H,19,20). The van der Waals surface area contributed by atoms with Crippen LogP contribution in [0.5, 0.6) is 0 Å². The molecule has 0 spiro atoms. The lowest BCUT2D eigenvalue weighted by atomic mass is 9.83. The summed E-state index contributed by atoms with van der Waals surface area (Å²) in [6, 6.07) is 0.456. The molecule has 124 valence electrons. The van der Waals surface area contributed by atoms with E-state index in [4.69, 9.17) is 4.74 Å². The zero-order valence-electron chi connectivity index (χ0n) is 14.5. The number of amides is 1. The van der Waals surface area contributed by atoms with Crippen LogP contribution < -0.4 is 10.6 Å². The average Bonchev–Trinajstić information content (AvgIpc) is 2.39. The molecule has 1 aliphatic carbocycles. The fourth-order valence-electron chi connectivity index (χ4n) is 3.25. The van der Waals surface area contributed by atoms with Gasteiger partial charge in [-0.3, -0.25) is 0 Å². The lowest BCUT2D eigenvalue weighted by Crippen LogP contribution is -2.50. The number of nitrogens with one attached hydrogen (secondary N) is 2. The van der Waals surface area contributed by atoms with E-state index in [1.807, 2.05) is 27.8 Å². The molecule has 1 amide bonds. The summed E-state index contributed by atoms with van der Waals surface area (Å²) in [4.78, 5) is 12.1. The first-order chi connectivity index (χ1) is 9.85. The number of rotatable bonds is 6. The van der Waals surface area contributed by atoms with Crippen LogP contribution in [-0.4, -0.2) is 30.8 Å². The highest BCUT2D eigenvalue weighted by Crippen LogP contribution is 2.28. The minimum atomic E-state index is -0.444. The molecule has 1 saturated carbocycles. The first kappa shape index (κ1) is 18.3. The van der Waals surface area contributed by atoms with Crippen LogP contribution in [0.3, 0.4) is 0 Å². The average molecular weight is 298 g/mol. The molecule has 0 aromatic carbocycles. The first-order valence-corrected chi connectivity index (χ1v) is 8.52. The Kier molecular flexibility index (Phi) is 7.50. The molecule has 0 aromatic heterocycles. The first-order valence-electron chi connectivity index (χ1n) is 8.52. The second-order valence-electron chi connectivity index (χ2n) is 7.30. The third-order valence-electron chi connectivity index (χ3n) is 4.31. The molecule has 21 heavy (non-hydrogen) atoms. The van der Waals surface area contributed by atoms with Gasteiger partial charge in [-0.25, -0.2) is 4.79 Å². The highest BCUT2D eigenvalue weighted by Gasteiger charge is 2.27. The highest BCUT2D eigenvalue weighted by atomic mass is 16.6. The summed E-state index contributed by atoms with van der Waals surface area (Å²) in [6.45, 7) is 7.86. The van der Waals surface area contributed by atoms with E-state index in [-0.39, 0.29) is 12.1 Å². The van der Waals surface area contributed by atoms with Crippen molar-refractivity contribution in [3.05, 3.63) is 0 Å². The van der Waals surface area contributed by atoms with Crippen molar-refractivity contribution in [2.45, 2.75) is 90.3 Å². The maximum atomic E-state index is 12.1. The maximum Gasteiger partial charge on any atom is 0.407 e. The van der Waals surface area contributed by atoms with Crippen LogP contribution >= 0.6 is 0 Å². The number of likely N-dealkylation sites (N-methyl/N-ethyl adjacent to an activating group) is 1. The Morgan fingerprint density at radius 2 is 1.81 bits per heavy atom. The third kappa shape index (κ3) is 7.16. The zero-order valence-corrected chi connectivity index (χ0v) is 14.5. The van der Waals surface area contributed by atoms with Crippen LogP contribution in [0.4, 0.5) is 4.79 Å². The van der Waals surface area contributed by atoms with Gasteiger partial charge in [-0.15, -0.1) is 0 Å². The molecule has 1 fully saturated rings. The molecule has 2 N–H and O–H groups in total. The molecule has 0 aliphatic heterocycles. The molecule has 0 saturated heterocycles. The Morgan fingerprint density at radius 3 is 2.29 bits per heavy atom. The molecule has 0 radical (unpaired) electrons. The Bertz CT molecular complexity index is 302. The molecule has 1 rings (SSSR count). The van der Waals surface area contributed by atoms with Crippen LogP contribution in [0.1, 0.15) is 72.6 Å². The maximum absolute atomic E-state index is 12.1. The van der Waals surface area contributed by atoms with Gasteiger partial charge in [-0.2, -0.15) is 0 Å². The summed E-state index contributed by atoms with van der Waals surface area (Å²) in [5.41, 5.74) is -0.444. The summed E-state index contributed by atoms with van der Waals surface area (Å²) in [7, 11) is 1.97. The van der Waals surface area contributed by atoms with Crippen molar-refractivity contribution in [1.82, 2.24) is 10.6 Å².